The first-order valence-corrected chi connectivity index (χ1v) is 8.06. The van der Waals surface area contributed by atoms with Crippen LogP contribution in [0.3, 0.4) is 0 Å². The van der Waals surface area contributed by atoms with Crippen molar-refractivity contribution in [3.63, 3.8) is 0 Å². The molecule has 0 radical (unpaired) electrons. The first kappa shape index (κ1) is 18.0. The fourth-order valence-electron chi connectivity index (χ4n) is 2.75. The maximum Gasteiger partial charge on any atom is 0.251 e. The summed E-state index contributed by atoms with van der Waals surface area (Å²) in [6.45, 7) is 9.82. The Bertz CT molecular complexity index is 359. The highest BCUT2D eigenvalue weighted by molar-refractivity contribution is 5.83. The van der Waals surface area contributed by atoms with Crippen LogP contribution < -0.4 is 0 Å². The lowest BCUT2D eigenvalue weighted by molar-refractivity contribution is -0.148. The Kier molecular flexibility index (Phi) is 6.65. The summed E-state index contributed by atoms with van der Waals surface area (Å²) >= 11 is 0. The molecule has 0 aliphatic carbocycles. The number of carbonyl (C=O) groups is 2. The Morgan fingerprint density at radius 2 is 1.62 bits per heavy atom. The van der Waals surface area contributed by atoms with E-state index in [9.17, 15) is 14.7 Å². The molecule has 1 aliphatic rings. The monoisotopic (exact) mass is 298 g/mol. The van der Waals surface area contributed by atoms with Gasteiger partial charge in [-0.1, -0.05) is 40.0 Å². The molecule has 0 aromatic rings. The number of amides is 2. The second-order valence-electron chi connectivity index (χ2n) is 6.63. The van der Waals surface area contributed by atoms with Crippen molar-refractivity contribution >= 4 is 11.8 Å². The van der Waals surface area contributed by atoms with Crippen molar-refractivity contribution in [2.24, 2.45) is 5.41 Å². The number of nitrogens with zero attached hydrogens (tertiary/aromatic N) is 2. The Hall–Kier alpha value is -1.10. The summed E-state index contributed by atoms with van der Waals surface area (Å²) in [6.07, 6.45) is 3.35. The summed E-state index contributed by atoms with van der Waals surface area (Å²) in [6, 6.07) is 0. The second kappa shape index (κ2) is 7.78. The molecule has 122 valence electrons. The Morgan fingerprint density at radius 1 is 1.10 bits per heavy atom. The molecule has 2 amide bonds. The summed E-state index contributed by atoms with van der Waals surface area (Å²) in [5.74, 6) is -0.0629. The van der Waals surface area contributed by atoms with Crippen molar-refractivity contribution < 1.29 is 14.7 Å². The number of hydrogen-bond acceptors (Lipinski definition) is 3. The van der Waals surface area contributed by atoms with Crippen LogP contribution in [0.2, 0.25) is 0 Å². The van der Waals surface area contributed by atoms with E-state index in [1.54, 1.807) is 4.90 Å². The van der Waals surface area contributed by atoms with Crippen LogP contribution in [0.15, 0.2) is 0 Å². The van der Waals surface area contributed by atoms with Crippen LogP contribution in [0.1, 0.15) is 53.4 Å². The molecule has 1 aliphatic heterocycles. The number of rotatable bonds is 6. The highest BCUT2D eigenvalue weighted by Crippen LogP contribution is 2.27. The number of unbranched alkanes of at least 4 members (excludes halogenated alkanes) is 2. The van der Waals surface area contributed by atoms with Crippen LogP contribution in [-0.2, 0) is 9.59 Å². The van der Waals surface area contributed by atoms with Gasteiger partial charge in [-0.25, -0.2) is 0 Å². The molecule has 1 unspecified atom stereocenters. The molecule has 21 heavy (non-hydrogen) atoms. The van der Waals surface area contributed by atoms with Gasteiger partial charge in [0.05, 0.1) is 0 Å². The number of carbonyl (C=O) groups excluding carboxylic acids is 2. The summed E-state index contributed by atoms with van der Waals surface area (Å²) in [5, 5.41) is 9.33. The highest BCUT2D eigenvalue weighted by atomic mass is 16.3. The molecule has 0 bridgehead atoms. The normalized spacial score (nSPS) is 17.8. The molecule has 1 N–H and O–H groups in total. The largest absolute Gasteiger partial charge is 0.384 e. The predicted molar refractivity (Wildman–Crippen MR) is 82.8 cm³/mol. The third-order valence-electron chi connectivity index (χ3n) is 4.22. The van der Waals surface area contributed by atoms with E-state index in [-0.39, 0.29) is 17.2 Å². The minimum atomic E-state index is -0.960. The van der Waals surface area contributed by atoms with Gasteiger partial charge >= 0.3 is 0 Å². The molecule has 0 spiro atoms. The standard InChI is InChI=1S/C16H30N2O3/c1-5-6-7-8-16(3,4)15(21)18-11-9-17(10-12-18)14(20)13(2)19/h13,19H,5-12H2,1-4H3. The van der Waals surface area contributed by atoms with Crippen molar-refractivity contribution in [1.82, 2.24) is 9.80 Å². The van der Waals surface area contributed by atoms with E-state index in [0.29, 0.717) is 26.2 Å². The minimum Gasteiger partial charge on any atom is -0.384 e. The van der Waals surface area contributed by atoms with Gasteiger partial charge < -0.3 is 14.9 Å². The van der Waals surface area contributed by atoms with E-state index in [4.69, 9.17) is 0 Å². The van der Waals surface area contributed by atoms with Crippen molar-refractivity contribution in [2.45, 2.75) is 59.5 Å². The first-order chi connectivity index (χ1) is 9.79. The average Bonchev–Trinajstić information content (AvgIpc) is 2.46. The zero-order valence-corrected chi connectivity index (χ0v) is 13.9. The molecule has 1 rings (SSSR count). The molecule has 5 nitrogen and oxygen atoms in total. The van der Waals surface area contributed by atoms with Gasteiger partial charge in [0.25, 0.3) is 5.91 Å². The van der Waals surface area contributed by atoms with Crippen LogP contribution >= 0.6 is 0 Å². The Balaban J connectivity index is 2.49. The van der Waals surface area contributed by atoms with Crippen molar-refractivity contribution in [3.05, 3.63) is 0 Å². The summed E-state index contributed by atoms with van der Waals surface area (Å²) < 4.78 is 0. The van der Waals surface area contributed by atoms with E-state index < -0.39 is 6.10 Å². The maximum absolute atomic E-state index is 12.6. The van der Waals surface area contributed by atoms with Crippen LogP contribution in [0, 0.1) is 5.41 Å². The van der Waals surface area contributed by atoms with Crippen molar-refractivity contribution in [3.8, 4) is 0 Å². The van der Waals surface area contributed by atoms with Crippen LogP contribution in [0.5, 0.6) is 0 Å². The Labute approximate surface area is 128 Å². The van der Waals surface area contributed by atoms with Gasteiger partial charge in [-0.15, -0.1) is 0 Å². The van der Waals surface area contributed by atoms with Gasteiger partial charge in [0.2, 0.25) is 5.91 Å². The van der Waals surface area contributed by atoms with Gasteiger partial charge in [-0.05, 0) is 13.3 Å². The fourth-order valence-corrected chi connectivity index (χ4v) is 2.75. The Morgan fingerprint density at radius 3 is 2.10 bits per heavy atom. The molecule has 1 saturated heterocycles. The fraction of sp³-hybridized carbons (Fsp3) is 0.875. The summed E-state index contributed by atoms with van der Waals surface area (Å²) in [7, 11) is 0. The van der Waals surface area contributed by atoms with Gasteiger partial charge in [0, 0.05) is 31.6 Å². The van der Waals surface area contributed by atoms with E-state index in [1.165, 1.54) is 6.92 Å². The number of aliphatic hydroxyl groups excluding tert-OH is 1. The molecule has 0 aromatic heterocycles. The van der Waals surface area contributed by atoms with E-state index in [2.05, 4.69) is 6.92 Å². The third-order valence-corrected chi connectivity index (χ3v) is 4.22. The first-order valence-electron chi connectivity index (χ1n) is 8.06. The molecule has 1 fully saturated rings. The third kappa shape index (κ3) is 4.99. The molecule has 5 heteroatoms. The lowest BCUT2D eigenvalue weighted by Crippen LogP contribution is -2.54. The topological polar surface area (TPSA) is 60.9 Å². The summed E-state index contributed by atoms with van der Waals surface area (Å²) in [5.41, 5.74) is -0.328. The SMILES string of the molecule is CCCCCC(C)(C)C(=O)N1CCN(C(=O)C(C)O)CC1. The van der Waals surface area contributed by atoms with Gasteiger partial charge in [0.1, 0.15) is 6.10 Å². The average molecular weight is 298 g/mol. The van der Waals surface area contributed by atoms with Gasteiger partial charge in [-0.3, -0.25) is 9.59 Å². The van der Waals surface area contributed by atoms with E-state index in [1.807, 2.05) is 18.7 Å². The molecule has 0 aromatic carbocycles. The van der Waals surface area contributed by atoms with Gasteiger partial charge in [0.15, 0.2) is 0 Å². The summed E-state index contributed by atoms with van der Waals surface area (Å²) in [4.78, 5) is 27.8. The van der Waals surface area contributed by atoms with Gasteiger partial charge in [-0.2, -0.15) is 0 Å². The smallest absolute Gasteiger partial charge is 0.251 e. The molecule has 1 atom stereocenters. The quantitative estimate of drug-likeness (QED) is 0.758. The predicted octanol–water partition coefficient (Wildman–Crippen LogP) is 1.64. The maximum atomic E-state index is 12.6. The molecular weight excluding hydrogens is 268 g/mol. The zero-order chi connectivity index (χ0) is 16.0. The highest BCUT2D eigenvalue weighted by Gasteiger charge is 2.34. The lowest BCUT2D eigenvalue weighted by Gasteiger charge is -2.39. The number of hydrogen-bond donors (Lipinski definition) is 1. The van der Waals surface area contributed by atoms with E-state index >= 15 is 0 Å². The van der Waals surface area contributed by atoms with Crippen LogP contribution in [-0.4, -0.2) is 59.0 Å². The lowest BCUT2D eigenvalue weighted by atomic mass is 9.85. The number of aliphatic hydroxyl groups is 1. The zero-order valence-electron chi connectivity index (χ0n) is 13.9. The van der Waals surface area contributed by atoms with Crippen molar-refractivity contribution in [2.75, 3.05) is 26.2 Å². The second-order valence-corrected chi connectivity index (χ2v) is 6.63. The minimum absolute atomic E-state index is 0.183. The molecule has 1 heterocycles. The van der Waals surface area contributed by atoms with Crippen LogP contribution in [0.4, 0.5) is 0 Å². The van der Waals surface area contributed by atoms with Crippen LogP contribution in [0.25, 0.3) is 0 Å². The van der Waals surface area contributed by atoms with E-state index in [0.717, 1.165) is 25.7 Å². The number of piperazine rings is 1. The molecular formula is C16H30N2O3. The molecule has 0 saturated carbocycles. The van der Waals surface area contributed by atoms with Crippen molar-refractivity contribution in [1.29, 1.82) is 0 Å².